The standard InChI is InChI=1S/C25H33NO4/c1-6-7-10-17-29-24(28)19-13-15-20(16-14-19)26-23(27)18(2)30-22-12-9-8-11-21(22)25(3,4)5/h8-9,11-16,18H,6-7,10,17H2,1-5H3,(H,26,27). The molecule has 1 unspecified atom stereocenters. The molecule has 0 fully saturated rings. The third-order valence-corrected chi connectivity index (χ3v) is 4.74. The molecule has 0 aliphatic carbocycles. The number of benzene rings is 2. The second-order valence-electron chi connectivity index (χ2n) is 8.42. The molecule has 1 amide bonds. The van der Waals surface area contributed by atoms with Gasteiger partial charge >= 0.3 is 5.97 Å². The number of hydrogen-bond acceptors (Lipinski definition) is 4. The van der Waals surface area contributed by atoms with Crippen LogP contribution in [0.25, 0.3) is 0 Å². The molecule has 0 saturated carbocycles. The second kappa shape index (κ2) is 10.8. The number of rotatable bonds is 9. The van der Waals surface area contributed by atoms with Crippen molar-refractivity contribution < 1.29 is 19.1 Å². The fraction of sp³-hybridized carbons (Fsp3) is 0.440. The number of anilines is 1. The Morgan fingerprint density at radius 1 is 1.00 bits per heavy atom. The van der Waals surface area contributed by atoms with E-state index in [0.29, 0.717) is 23.6 Å². The van der Waals surface area contributed by atoms with Crippen LogP contribution < -0.4 is 10.1 Å². The van der Waals surface area contributed by atoms with E-state index >= 15 is 0 Å². The summed E-state index contributed by atoms with van der Waals surface area (Å²) in [6, 6.07) is 14.4. The third-order valence-electron chi connectivity index (χ3n) is 4.74. The number of para-hydroxylation sites is 1. The highest BCUT2D eigenvalue weighted by molar-refractivity contribution is 5.95. The van der Waals surface area contributed by atoms with Crippen LogP contribution in [0.5, 0.6) is 5.75 Å². The van der Waals surface area contributed by atoms with Crippen molar-refractivity contribution in [2.24, 2.45) is 0 Å². The van der Waals surface area contributed by atoms with Crippen LogP contribution in [0, 0.1) is 0 Å². The van der Waals surface area contributed by atoms with Crippen molar-refractivity contribution in [3.8, 4) is 5.75 Å². The summed E-state index contributed by atoms with van der Waals surface area (Å²) in [6.45, 7) is 10.6. The van der Waals surface area contributed by atoms with Crippen LogP contribution in [0.1, 0.15) is 69.8 Å². The van der Waals surface area contributed by atoms with Crippen molar-refractivity contribution in [2.45, 2.75) is 65.4 Å². The quantitative estimate of drug-likeness (QED) is 0.422. The van der Waals surface area contributed by atoms with Gasteiger partial charge < -0.3 is 14.8 Å². The number of nitrogens with one attached hydrogen (secondary N) is 1. The Morgan fingerprint density at radius 2 is 1.67 bits per heavy atom. The molecule has 0 aliphatic heterocycles. The van der Waals surface area contributed by atoms with Crippen LogP contribution in [0.2, 0.25) is 0 Å². The molecule has 0 aromatic heterocycles. The first-order chi connectivity index (χ1) is 14.2. The Morgan fingerprint density at radius 3 is 2.30 bits per heavy atom. The minimum atomic E-state index is -0.670. The maximum Gasteiger partial charge on any atom is 0.338 e. The van der Waals surface area contributed by atoms with Gasteiger partial charge in [0.2, 0.25) is 0 Å². The van der Waals surface area contributed by atoms with E-state index in [-0.39, 0.29) is 17.3 Å². The van der Waals surface area contributed by atoms with Crippen LogP contribution >= 0.6 is 0 Å². The Labute approximate surface area is 179 Å². The zero-order valence-corrected chi connectivity index (χ0v) is 18.7. The molecule has 5 nitrogen and oxygen atoms in total. The SMILES string of the molecule is CCCCCOC(=O)c1ccc(NC(=O)C(C)Oc2ccccc2C(C)(C)C)cc1. The van der Waals surface area contributed by atoms with Gasteiger partial charge in [-0.05, 0) is 54.7 Å². The van der Waals surface area contributed by atoms with Crippen LogP contribution in [-0.4, -0.2) is 24.6 Å². The molecule has 0 radical (unpaired) electrons. The van der Waals surface area contributed by atoms with Gasteiger partial charge in [-0.3, -0.25) is 4.79 Å². The average Bonchev–Trinajstić information content (AvgIpc) is 2.71. The Hall–Kier alpha value is -2.82. The van der Waals surface area contributed by atoms with Crippen molar-refractivity contribution in [1.29, 1.82) is 0 Å². The zero-order chi connectivity index (χ0) is 22.1. The topological polar surface area (TPSA) is 64.6 Å². The van der Waals surface area contributed by atoms with Crippen LogP contribution in [0.3, 0.4) is 0 Å². The summed E-state index contributed by atoms with van der Waals surface area (Å²) in [7, 11) is 0. The van der Waals surface area contributed by atoms with E-state index in [1.165, 1.54) is 0 Å². The van der Waals surface area contributed by atoms with Crippen molar-refractivity contribution in [3.63, 3.8) is 0 Å². The lowest BCUT2D eigenvalue weighted by atomic mass is 9.86. The van der Waals surface area contributed by atoms with Gasteiger partial charge in [-0.15, -0.1) is 0 Å². The molecule has 0 saturated heterocycles. The van der Waals surface area contributed by atoms with Gasteiger partial charge in [0.15, 0.2) is 6.10 Å². The zero-order valence-electron chi connectivity index (χ0n) is 18.7. The van der Waals surface area contributed by atoms with Gasteiger partial charge in [-0.1, -0.05) is 58.7 Å². The Balaban J connectivity index is 1.94. The van der Waals surface area contributed by atoms with Gasteiger partial charge in [-0.2, -0.15) is 0 Å². The van der Waals surface area contributed by atoms with Gasteiger partial charge in [-0.25, -0.2) is 4.79 Å². The van der Waals surface area contributed by atoms with Crippen molar-refractivity contribution in [2.75, 3.05) is 11.9 Å². The molecule has 0 bridgehead atoms. The highest BCUT2D eigenvalue weighted by Crippen LogP contribution is 2.31. The van der Waals surface area contributed by atoms with Crippen molar-refractivity contribution in [3.05, 3.63) is 59.7 Å². The fourth-order valence-corrected chi connectivity index (χ4v) is 2.97. The summed E-state index contributed by atoms with van der Waals surface area (Å²) in [5, 5.41) is 2.83. The van der Waals surface area contributed by atoms with Gasteiger partial charge in [0, 0.05) is 5.69 Å². The number of hydrogen-bond donors (Lipinski definition) is 1. The minimum Gasteiger partial charge on any atom is -0.481 e. The van der Waals surface area contributed by atoms with Gasteiger partial charge in [0.25, 0.3) is 5.91 Å². The molecule has 1 atom stereocenters. The van der Waals surface area contributed by atoms with E-state index in [4.69, 9.17) is 9.47 Å². The monoisotopic (exact) mass is 411 g/mol. The number of carbonyl (C=O) groups excluding carboxylic acids is 2. The lowest BCUT2D eigenvalue weighted by Crippen LogP contribution is -2.31. The first-order valence-electron chi connectivity index (χ1n) is 10.6. The smallest absolute Gasteiger partial charge is 0.338 e. The largest absolute Gasteiger partial charge is 0.481 e. The number of esters is 1. The van der Waals surface area contributed by atoms with E-state index in [2.05, 4.69) is 33.0 Å². The minimum absolute atomic E-state index is 0.0895. The second-order valence-corrected chi connectivity index (χ2v) is 8.42. The molecular formula is C25H33NO4. The highest BCUT2D eigenvalue weighted by Gasteiger charge is 2.22. The molecule has 5 heteroatoms. The predicted molar refractivity (Wildman–Crippen MR) is 120 cm³/mol. The fourth-order valence-electron chi connectivity index (χ4n) is 2.97. The van der Waals surface area contributed by atoms with Crippen molar-refractivity contribution in [1.82, 2.24) is 0 Å². The number of ether oxygens (including phenoxy) is 2. The maximum absolute atomic E-state index is 12.6. The van der Waals surface area contributed by atoms with Crippen LogP contribution in [-0.2, 0) is 14.9 Å². The number of carbonyl (C=O) groups is 2. The predicted octanol–water partition coefficient (Wildman–Crippen LogP) is 5.74. The summed E-state index contributed by atoms with van der Waals surface area (Å²) >= 11 is 0. The summed E-state index contributed by atoms with van der Waals surface area (Å²) in [6.07, 6.45) is 2.32. The van der Waals surface area contributed by atoms with E-state index in [1.807, 2.05) is 24.3 Å². The van der Waals surface area contributed by atoms with E-state index < -0.39 is 6.10 Å². The highest BCUT2D eigenvalue weighted by atomic mass is 16.5. The van der Waals surface area contributed by atoms with Gasteiger partial charge in [0.1, 0.15) is 5.75 Å². The van der Waals surface area contributed by atoms with Gasteiger partial charge in [0.05, 0.1) is 12.2 Å². The molecule has 30 heavy (non-hydrogen) atoms. The average molecular weight is 412 g/mol. The van der Waals surface area contributed by atoms with E-state index in [9.17, 15) is 9.59 Å². The summed E-state index contributed by atoms with van der Waals surface area (Å²) < 4.78 is 11.2. The summed E-state index contributed by atoms with van der Waals surface area (Å²) in [5.41, 5.74) is 2.02. The van der Waals surface area contributed by atoms with E-state index in [1.54, 1.807) is 31.2 Å². The molecule has 2 aromatic rings. The van der Waals surface area contributed by atoms with Crippen LogP contribution in [0.15, 0.2) is 48.5 Å². The Kier molecular flexibility index (Phi) is 8.46. The molecule has 0 spiro atoms. The Bertz CT molecular complexity index is 837. The van der Waals surface area contributed by atoms with Crippen LogP contribution in [0.4, 0.5) is 5.69 Å². The number of amides is 1. The lowest BCUT2D eigenvalue weighted by molar-refractivity contribution is -0.122. The molecular weight excluding hydrogens is 378 g/mol. The molecule has 162 valence electrons. The molecule has 0 heterocycles. The normalized spacial score (nSPS) is 12.2. The maximum atomic E-state index is 12.6. The molecule has 2 rings (SSSR count). The molecule has 2 aromatic carbocycles. The lowest BCUT2D eigenvalue weighted by Gasteiger charge is -2.24. The van der Waals surface area contributed by atoms with E-state index in [0.717, 1.165) is 24.8 Å². The molecule has 0 aliphatic rings. The summed E-state index contributed by atoms with van der Waals surface area (Å²) in [5.74, 6) is 0.0990. The summed E-state index contributed by atoms with van der Waals surface area (Å²) in [4.78, 5) is 24.6. The third kappa shape index (κ3) is 6.90. The number of unbranched alkanes of at least 4 members (excludes halogenated alkanes) is 2. The first kappa shape index (κ1) is 23.5. The first-order valence-corrected chi connectivity index (χ1v) is 10.6. The van der Waals surface area contributed by atoms with Crippen molar-refractivity contribution >= 4 is 17.6 Å². The molecule has 1 N–H and O–H groups in total.